The molecule has 0 radical (unpaired) electrons. The van der Waals surface area contributed by atoms with E-state index in [2.05, 4.69) is 23.6 Å². The average Bonchev–Trinajstić information content (AvgIpc) is 2.41. The first-order valence-corrected chi connectivity index (χ1v) is 6.87. The van der Waals surface area contributed by atoms with Crippen LogP contribution >= 0.6 is 0 Å². The number of esters is 1. The summed E-state index contributed by atoms with van der Waals surface area (Å²) in [6.07, 6.45) is 7.66. The third-order valence-electron chi connectivity index (χ3n) is 2.47. The van der Waals surface area contributed by atoms with Crippen LogP contribution in [0.15, 0.2) is 12.7 Å². The highest BCUT2D eigenvalue weighted by atomic mass is 16.6. The Morgan fingerprint density at radius 1 is 1.11 bits per heavy atom. The second-order valence-electron chi connectivity index (χ2n) is 4.23. The van der Waals surface area contributed by atoms with E-state index in [0.717, 1.165) is 12.8 Å². The van der Waals surface area contributed by atoms with Crippen LogP contribution in [0.4, 0.5) is 4.79 Å². The molecule has 1 amide bonds. The molecule has 0 aromatic carbocycles. The number of hydrogen-bond donors (Lipinski definition) is 1. The number of unbranched alkanes of at least 4 members (excludes halogenated alkanes) is 5. The second kappa shape index (κ2) is 12.9. The number of nitrogens with one attached hydrogen (secondary N) is 1. The summed E-state index contributed by atoms with van der Waals surface area (Å²) in [6.45, 7) is 5.96. The van der Waals surface area contributed by atoms with Gasteiger partial charge in [0.1, 0.15) is 13.2 Å². The largest absolute Gasteiger partial charge is 0.464 e. The van der Waals surface area contributed by atoms with Crippen LogP contribution in [0.5, 0.6) is 0 Å². The number of carbonyl (C=O) groups is 2. The van der Waals surface area contributed by atoms with Gasteiger partial charge in [0.2, 0.25) is 0 Å². The fourth-order valence-electron chi connectivity index (χ4n) is 1.45. The van der Waals surface area contributed by atoms with Crippen LogP contribution in [0.2, 0.25) is 0 Å². The Balaban J connectivity index is 3.34. The molecule has 0 fully saturated rings. The molecular formula is C14H25NO4. The first-order valence-electron chi connectivity index (χ1n) is 6.87. The summed E-state index contributed by atoms with van der Waals surface area (Å²) in [6, 6.07) is 0. The lowest BCUT2D eigenvalue weighted by molar-refractivity contribution is -0.142. The highest BCUT2D eigenvalue weighted by molar-refractivity contribution is 5.77. The monoisotopic (exact) mass is 271 g/mol. The first-order chi connectivity index (χ1) is 9.20. The third-order valence-corrected chi connectivity index (χ3v) is 2.47. The molecule has 0 aromatic heterocycles. The van der Waals surface area contributed by atoms with Crippen molar-refractivity contribution in [2.24, 2.45) is 0 Å². The molecule has 0 saturated carbocycles. The van der Waals surface area contributed by atoms with Crippen LogP contribution in [0, 0.1) is 0 Å². The minimum absolute atomic E-state index is 0.124. The van der Waals surface area contributed by atoms with Gasteiger partial charge in [-0.15, -0.1) is 0 Å². The zero-order valence-corrected chi connectivity index (χ0v) is 11.8. The number of ether oxygens (including phenoxy) is 2. The maximum absolute atomic E-state index is 11.2. The topological polar surface area (TPSA) is 64.6 Å². The van der Waals surface area contributed by atoms with Crippen LogP contribution in [0.25, 0.3) is 0 Å². The molecule has 0 rings (SSSR count). The van der Waals surface area contributed by atoms with Crippen LogP contribution in [0.1, 0.15) is 45.4 Å². The van der Waals surface area contributed by atoms with Gasteiger partial charge >= 0.3 is 12.1 Å². The van der Waals surface area contributed by atoms with Crippen molar-refractivity contribution >= 4 is 12.1 Å². The van der Waals surface area contributed by atoms with Gasteiger partial charge in [0, 0.05) is 0 Å². The molecule has 0 spiro atoms. The molecule has 110 valence electrons. The van der Waals surface area contributed by atoms with Crippen LogP contribution in [0.3, 0.4) is 0 Å². The fourth-order valence-corrected chi connectivity index (χ4v) is 1.45. The Morgan fingerprint density at radius 3 is 2.47 bits per heavy atom. The third kappa shape index (κ3) is 12.7. The number of amides is 1. The van der Waals surface area contributed by atoms with Gasteiger partial charge in [0.25, 0.3) is 0 Å². The predicted molar refractivity (Wildman–Crippen MR) is 73.9 cm³/mol. The molecule has 0 aliphatic heterocycles. The molecule has 0 aliphatic rings. The van der Waals surface area contributed by atoms with Crippen molar-refractivity contribution in [3.05, 3.63) is 12.7 Å². The van der Waals surface area contributed by atoms with Crippen LogP contribution in [-0.4, -0.2) is 31.8 Å². The van der Waals surface area contributed by atoms with Gasteiger partial charge in [-0.3, -0.25) is 4.79 Å². The number of alkyl carbamates (subject to hydrolysis) is 1. The van der Waals surface area contributed by atoms with Gasteiger partial charge in [0.15, 0.2) is 0 Å². The van der Waals surface area contributed by atoms with Gasteiger partial charge in [-0.2, -0.15) is 0 Å². The maximum atomic E-state index is 11.2. The van der Waals surface area contributed by atoms with Gasteiger partial charge in [0.05, 0.1) is 6.61 Å². The zero-order valence-electron chi connectivity index (χ0n) is 11.8. The molecule has 5 nitrogen and oxygen atoms in total. The van der Waals surface area contributed by atoms with Crippen LogP contribution in [-0.2, 0) is 14.3 Å². The fraction of sp³-hybridized carbons (Fsp3) is 0.714. The van der Waals surface area contributed by atoms with Gasteiger partial charge in [-0.1, -0.05) is 51.7 Å². The number of rotatable bonds is 11. The van der Waals surface area contributed by atoms with E-state index in [9.17, 15) is 9.59 Å². The van der Waals surface area contributed by atoms with Gasteiger partial charge < -0.3 is 14.8 Å². The van der Waals surface area contributed by atoms with E-state index < -0.39 is 12.1 Å². The quantitative estimate of drug-likeness (QED) is 0.356. The molecule has 0 unspecified atom stereocenters. The molecule has 5 heteroatoms. The summed E-state index contributed by atoms with van der Waals surface area (Å²) < 4.78 is 9.62. The van der Waals surface area contributed by atoms with E-state index in [1.54, 1.807) is 0 Å². The summed E-state index contributed by atoms with van der Waals surface area (Å²) >= 11 is 0. The summed E-state index contributed by atoms with van der Waals surface area (Å²) in [4.78, 5) is 22.2. The van der Waals surface area contributed by atoms with E-state index in [1.807, 2.05) is 0 Å². The number of hydrogen-bond acceptors (Lipinski definition) is 4. The molecule has 0 atom stereocenters. The van der Waals surface area contributed by atoms with Gasteiger partial charge in [-0.05, 0) is 6.42 Å². The van der Waals surface area contributed by atoms with E-state index in [4.69, 9.17) is 4.74 Å². The normalized spacial score (nSPS) is 9.74. The van der Waals surface area contributed by atoms with E-state index in [-0.39, 0.29) is 13.2 Å². The standard InChI is InChI=1S/C14H25NO4/c1-3-5-6-7-8-9-11-18-13(16)12-15-14(17)19-10-4-2/h4H,2-3,5-12H2,1H3,(H,15,17). The highest BCUT2D eigenvalue weighted by Crippen LogP contribution is 2.04. The lowest BCUT2D eigenvalue weighted by Gasteiger charge is -2.06. The van der Waals surface area contributed by atoms with Crippen molar-refractivity contribution < 1.29 is 19.1 Å². The van der Waals surface area contributed by atoms with Crippen molar-refractivity contribution in [2.45, 2.75) is 45.4 Å². The minimum atomic E-state index is -0.642. The van der Waals surface area contributed by atoms with Crippen molar-refractivity contribution in [1.82, 2.24) is 5.32 Å². The van der Waals surface area contributed by atoms with Crippen molar-refractivity contribution in [2.75, 3.05) is 19.8 Å². The lowest BCUT2D eigenvalue weighted by atomic mass is 10.1. The Hall–Kier alpha value is -1.52. The summed E-state index contributed by atoms with van der Waals surface area (Å²) in [5.74, 6) is -0.441. The lowest BCUT2D eigenvalue weighted by Crippen LogP contribution is -2.31. The van der Waals surface area contributed by atoms with Crippen LogP contribution < -0.4 is 5.32 Å². The first kappa shape index (κ1) is 17.5. The van der Waals surface area contributed by atoms with Crippen molar-refractivity contribution in [3.63, 3.8) is 0 Å². The predicted octanol–water partition coefficient (Wildman–Crippen LogP) is 2.80. The molecule has 0 aliphatic carbocycles. The SMILES string of the molecule is C=CCOC(=O)NCC(=O)OCCCCCCCC. The second-order valence-corrected chi connectivity index (χ2v) is 4.23. The Kier molecular flexibility index (Phi) is 11.9. The van der Waals surface area contributed by atoms with Crippen molar-refractivity contribution in [3.8, 4) is 0 Å². The summed E-state index contributed by atoms with van der Waals surface area (Å²) in [7, 11) is 0. The molecule has 0 aromatic rings. The highest BCUT2D eigenvalue weighted by Gasteiger charge is 2.06. The molecule has 0 saturated heterocycles. The number of carbonyl (C=O) groups excluding carboxylic acids is 2. The molecule has 0 bridgehead atoms. The Morgan fingerprint density at radius 2 is 1.79 bits per heavy atom. The van der Waals surface area contributed by atoms with E-state index in [1.165, 1.54) is 31.8 Å². The molecule has 1 N–H and O–H groups in total. The minimum Gasteiger partial charge on any atom is -0.464 e. The van der Waals surface area contributed by atoms with Crippen molar-refractivity contribution in [1.29, 1.82) is 0 Å². The average molecular weight is 271 g/mol. The van der Waals surface area contributed by atoms with Gasteiger partial charge in [-0.25, -0.2) is 4.79 Å². The Bertz CT molecular complexity index is 266. The molecule has 0 heterocycles. The zero-order chi connectivity index (χ0) is 14.3. The molecular weight excluding hydrogens is 246 g/mol. The maximum Gasteiger partial charge on any atom is 0.407 e. The Labute approximate surface area is 115 Å². The van der Waals surface area contributed by atoms with E-state index in [0.29, 0.717) is 6.61 Å². The van der Waals surface area contributed by atoms with E-state index >= 15 is 0 Å². The smallest absolute Gasteiger partial charge is 0.407 e. The molecule has 19 heavy (non-hydrogen) atoms. The summed E-state index contributed by atoms with van der Waals surface area (Å²) in [5.41, 5.74) is 0. The summed E-state index contributed by atoms with van der Waals surface area (Å²) in [5, 5.41) is 2.30.